The van der Waals surface area contributed by atoms with Crippen molar-refractivity contribution in [2.75, 3.05) is 0 Å². The molecule has 0 saturated heterocycles. The van der Waals surface area contributed by atoms with Gasteiger partial charge in [0.2, 0.25) is 5.91 Å². The van der Waals surface area contributed by atoms with Gasteiger partial charge in [-0.15, -0.1) is 11.6 Å². The molecule has 3 aliphatic rings. The average Bonchev–Trinajstić information content (AvgIpc) is 2.90. The number of fused-ring (bicyclic) bond motifs is 3. The van der Waals surface area contributed by atoms with Crippen LogP contribution in [-0.4, -0.2) is 56.1 Å². The summed E-state index contributed by atoms with van der Waals surface area (Å²) in [6.45, 7) is 1.66. The fourth-order valence-electron chi connectivity index (χ4n) is 6.41. The molecule has 10 heteroatoms. The van der Waals surface area contributed by atoms with Crippen molar-refractivity contribution in [2.45, 2.75) is 36.8 Å². The second-order valence-corrected chi connectivity index (χ2v) is 10.7. The summed E-state index contributed by atoms with van der Waals surface area (Å²) in [4.78, 5) is 64.9. The van der Waals surface area contributed by atoms with Crippen molar-refractivity contribution in [3.8, 4) is 5.75 Å². The van der Waals surface area contributed by atoms with Gasteiger partial charge in [-0.05, 0) is 22.6 Å². The van der Waals surface area contributed by atoms with Gasteiger partial charge >= 0.3 is 0 Å². The van der Waals surface area contributed by atoms with Crippen LogP contribution >= 0.6 is 11.6 Å². The van der Waals surface area contributed by atoms with E-state index in [4.69, 9.17) is 17.3 Å². The molecule has 7 atom stereocenters. The lowest BCUT2D eigenvalue weighted by Crippen LogP contribution is -2.72. The molecule has 0 heterocycles. The molecular weight excluding hydrogens is 526 g/mol. The zero-order chi connectivity index (χ0) is 28.4. The predicted molar refractivity (Wildman–Crippen MR) is 140 cm³/mol. The molecule has 39 heavy (non-hydrogen) atoms. The van der Waals surface area contributed by atoms with Crippen molar-refractivity contribution in [3.63, 3.8) is 0 Å². The van der Waals surface area contributed by atoms with Crippen LogP contribution in [0, 0.1) is 23.7 Å². The summed E-state index contributed by atoms with van der Waals surface area (Å²) in [5, 5.41) is 33.7. The van der Waals surface area contributed by atoms with Gasteiger partial charge in [0, 0.05) is 29.7 Å². The highest BCUT2D eigenvalue weighted by Gasteiger charge is 2.69. The third kappa shape index (κ3) is 3.87. The summed E-state index contributed by atoms with van der Waals surface area (Å²) in [6.07, 6.45) is 1.11. The van der Waals surface area contributed by atoms with Gasteiger partial charge in [-0.3, -0.25) is 24.0 Å². The second kappa shape index (κ2) is 9.51. The number of aliphatic hydroxyl groups excluding tert-OH is 1. The van der Waals surface area contributed by atoms with Gasteiger partial charge in [-0.25, -0.2) is 0 Å². The topological polar surface area (TPSA) is 172 Å². The largest absolute Gasteiger partial charge is 0.507 e. The van der Waals surface area contributed by atoms with Crippen LogP contribution in [-0.2, 0) is 25.1 Å². The number of ketones is 4. The number of hydrogen-bond donors (Lipinski definition) is 4. The molecule has 5 rings (SSSR count). The smallest absolute Gasteiger partial charge is 0.235 e. The molecule has 3 aliphatic carbocycles. The number of hydrogen-bond acceptors (Lipinski definition) is 8. The summed E-state index contributed by atoms with van der Waals surface area (Å²) in [6, 6.07) is 10.6. The predicted octanol–water partition coefficient (Wildman–Crippen LogP) is 1.77. The molecule has 2 fully saturated rings. The van der Waals surface area contributed by atoms with Crippen molar-refractivity contribution in [1.29, 1.82) is 0 Å². The van der Waals surface area contributed by atoms with Crippen LogP contribution in [0.4, 0.5) is 0 Å². The second-order valence-electron chi connectivity index (χ2n) is 10.5. The number of carbonyl (C=O) groups is 5. The maximum Gasteiger partial charge on any atom is 0.235 e. The molecule has 2 aromatic rings. The van der Waals surface area contributed by atoms with Gasteiger partial charge in [0.05, 0.1) is 17.6 Å². The quantitative estimate of drug-likeness (QED) is 0.253. The molecule has 5 N–H and O–H groups in total. The van der Waals surface area contributed by atoms with Gasteiger partial charge in [0.15, 0.2) is 34.7 Å². The number of aliphatic hydroxyl groups is 2. The Morgan fingerprint density at radius 1 is 1.08 bits per heavy atom. The molecule has 0 aromatic heterocycles. The van der Waals surface area contributed by atoms with E-state index in [0.29, 0.717) is 17.0 Å². The van der Waals surface area contributed by atoms with Crippen molar-refractivity contribution in [3.05, 3.63) is 64.2 Å². The van der Waals surface area contributed by atoms with Crippen molar-refractivity contribution >= 4 is 52.8 Å². The molecule has 0 spiro atoms. The fraction of sp³-hybridized carbons (Fsp3) is 0.345. The minimum Gasteiger partial charge on any atom is -0.507 e. The van der Waals surface area contributed by atoms with Crippen LogP contribution in [0.3, 0.4) is 0 Å². The van der Waals surface area contributed by atoms with E-state index in [2.05, 4.69) is 0 Å². The Balaban J connectivity index is 1.56. The van der Waals surface area contributed by atoms with E-state index in [-0.39, 0.29) is 11.3 Å². The average molecular weight is 552 g/mol. The fourth-order valence-corrected chi connectivity index (χ4v) is 6.59. The van der Waals surface area contributed by atoms with E-state index >= 15 is 0 Å². The van der Waals surface area contributed by atoms with E-state index in [1.807, 2.05) is 24.3 Å². The maximum absolute atomic E-state index is 13.8. The highest BCUT2D eigenvalue weighted by molar-refractivity contribution is 6.31. The van der Waals surface area contributed by atoms with Gasteiger partial charge in [0.1, 0.15) is 5.75 Å². The number of carbonyl (C=O) groups excluding carboxylic acids is 5. The number of benzene rings is 2. The highest BCUT2D eigenvalue weighted by Crippen LogP contribution is 2.54. The number of phenolic OH excluding ortho intramolecular Hbond substituents is 1. The Kier molecular flexibility index (Phi) is 6.57. The summed E-state index contributed by atoms with van der Waals surface area (Å²) >= 11 is 5.82. The van der Waals surface area contributed by atoms with E-state index in [0.717, 1.165) is 11.1 Å². The summed E-state index contributed by atoms with van der Waals surface area (Å²) < 4.78 is 0. The first-order valence-electron chi connectivity index (χ1n) is 12.5. The highest BCUT2D eigenvalue weighted by atomic mass is 35.5. The number of amides is 1. The lowest BCUT2D eigenvalue weighted by atomic mass is 9.50. The van der Waals surface area contributed by atoms with Crippen LogP contribution < -0.4 is 5.73 Å². The summed E-state index contributed by atoms with van der Waals surface area (Å²) in [5.74, 6) is -12.7. The molecule has 0 aliphatic heterocycles. The summed E-state index contributed by atoms with van der Waals surface area (Å²) in [5.41, 5.74) is 4.55. The molecule has 1 amide bonds. The van der Waals surface area contributed by atoms with E-state index in [9.17, 15) is 39.3 Å². The van der Waals surface area contributed by atoms with Crippen molar-refractivity contribution in [1.82, 2.24) is 0 Å². The Labute approximate surface area is 228 Å². The van der Waals surface area contributed by atoms with Crippen molar-refractivity contribution < 1.29 is 39.3 Å². The van der Waals surface area contributed by atoms with Crippen LogP contribution in [0.1, 0.15) is 51.9 Å². The number of primary amides is 1. The van der Waals surface area contributed by atoms with Crippen LogP contribution in [0.2, 0.25) is 0 Å². The molecule has 2 saturated carbocycles. The van der Waals surface area contributed by atoms with Gasteiger partial charge in [-0.2, -0.15) is 0 Å². The number of rotatable bonds is 4. The SMILES string of the molecule is C[C@H]1c2ccc(C=Cc3ccc(CCl)cc3)c(O)c2C(=O)C2C(=O)[C@]3(O)C(=O)C(C(N)=O)C(=O)C[C@@H]3[C@@H](O)[C@@H]21. The Morgan fingerprint density at radius 2 is 1.74 bits per heavy atom. The molecule has 9 nitrogen and oxygen atoms in total. The van der Waals surface area contributed by atoms with Crippen LogP contribution in [0.15, 0.2) is 36.4 Å². The minimum atomic E-state index is -2.94. The lowest BCUT2D eigenvalue weighted by Gasteiger charge is -2.52. The molecule has 0 radical (unpaired) electrons. The van der Waals surface area contributed by atoms with Crippen LogP contribution in [0.5, 0.6) is 5.75 Å². The molecule has 0 bridgehead atoms. The third-order valence-electron chi connectivity index (χ3n) is 8.48. The zero-order valence-electron chi connectivity index (χ0n) is 20.8. The number of Topliss-reactive ketones (excluding diaryl/α,β-unsaturated/α-hetero) is 4. The Bertz CT molecular complexity index is 1460. The Hall–Kier alpha value is -3.66. The minimum absolute atomic E-state index is 0.142. The first kappa shape index (κ1) is 26.9. The number of alkyl halides is 1. The summed E-state index contributed by atoms with van der Waals surface area (Å²) in [7, 11) is 0. The van der Waals surface area contributed by atoms with E-state index in [1.165, 1.54) is 0 Å². The lowest BCUT2D eigenvalue weighted by molar-refractivity contribution is -0.189. The van der Waals surface area contributed by atoms with Crippen molar-refractivity contribution in [2.24, 2.45) is 29.4 Å². The molecule has 2 unspecified atom stereocenters. The first-order valence-corrected chi connectivity index (χ1v) is 13.0. The number of nitrogens with two attached hydrogens (primary N) is 1. The molecule has 202 valence electrons. The third-order valence-corrected chi connectivity index (χ3v) is 8.79. The zero-order valence-corrected chi connectivity index (χ0v) is 21.6. The van der Waals surface area contributed by atoms with Crippen LogP contribution in [0.25, 0.3) is 12.2 Å². The first-order chi connectivity index (χ1) is 18.4. The number of halogens is 1. The Morgan fingerprint density at radius 3 is 2.36 bits per heavy atom. The van der Waals surface area contributed by atoms with Gasteiger partial charge in [-0.1, -0.05) is 55.5 Å². The standard InChI is InChI=1S/C29H26ClNO8/c1-12-16-9-8-15(7-6-13-2-4-14(11-30)5-3-13)23(33)20(16)25(35)22-19(12)24(34)17-10-18(32)21(28(31)38)26(36)29(17,39)27(22)37/h2-9,12,17,19,21-22,24,33-34,39H,10-11H2,1H3,(H2,31,38)/t12-,17+,19+,21?,22?,24+,29+/m0/s1. The van der Waals surface area contributed by atoms with E-state index in [1.54, 1.807) is 31.2 Å². The number of phenols is 1. The maximum atomic E-state index is 13.8. The van der Waals surface area contributed by atoms with E-state index < -0.39 is 76.8 Å². The number of aromatic hydroxyl groups is 1. The molecular formula is C29H26ClNO8. The van der Waals surface area contributed by atoms with Gasteiger partial charge < -0.3 is 21.1 Å². The normalized spacial score (nSPS) is 32.1. The monoisotopic (exact) mass is 551 g/mol. The molecule has 2 aromatic carbocycles. The van der Waals surface area contributed by atoms with Gasteiger partial charge in [0.25, 0.3) is 0 Å².